The van der Waals surface area contributed by atoms with E-state index in [1.165, 1.54) is 12.1 Å². The molecule has 6 heteroatoms. The Labute approximate surface area is 122 Å². The molecule has 0 fully saturated rings. The van der Waals surface area contributed by atoms with Gasteiger partial charge in [0.2, 0.25) is 0 Å². The number of rotatable bonds is 3. The lowest BCUT2D eigenvalue weighted by Crippen LogP contribution is -2.36. The second-order valence-electron chi connectivity index (χ2n) is 5.92. The van der Waals surface area contributed by atoms with Crippen molar-refractivity contribution in [1.82, 2.24) is 10.3 Å². The van der Waals surface area contributed by atoms with E-state index in [2.05, 4.69) is 10.3 Å². The monoisotopic (exact) mass is 293 g/mol. The number of hydrogen-bond acceptors (Lipinski definition) is 3. The van der Waals surface area contributed by atoms with Gasteiger partial charge in [0.05, 0.1) is 0 Å². The molecule has 1 atom stereocenters. The molecular weight excluding hydrogens is 273 g/mol. The number of carbonyl (C=O) groups is 1. The van der Waals surface area contributed by atoms with Gasteiger partial charge < -0.3 is 20.8 Å². The van der Waals surface area contributed by atoms with Crippen LogP contribution in [0.5, 0.6) is 0 Å². The highest BCUT2D eigenvalue weighted by Crippen LogP contribution is 2.23. The Kier molecular flexibility index (Phi) is 4.18. The fourth-order valence-electron chi connectivity index (χ4n) is 2.05. The number of carbonyl (C=O) groups excluding carboxylic acids is 1. The molecule has 1 unspecified atom stereocenters. The van der Waals surface area contributed by atoms with Crippen molar-refractivity contribution in [3.05, 3.63) is 35.8 Å². The van der Waals surface area contributed by atoms with E-state index < -0.39 is 17.7 Å². The second kappa shape index (κ2) is 5.73. The van der Waals surface area contributed by atoms with E-state index in [1.54, 1.807) is 33.0 Å². The zero-order valence-corrected chi connectivity index (χ0v) is 12.4. The van der Waals surface area contributed by atoms with Crippen LogP contribution in [0.4, 0.5) is 9.18 Å². The zero-order chi connectivity index (χ0) is 15.6. The molecule has 4 N–H and O–H groups in total. The lowest BCUT2D eigenvalue weighted by Gasteiger charge is -2.20. The average Bonchev–Trinajstić information content (AvgIpc) is 2.76. The molecule has 0 bridgehead atoms. The molecule has 0 radical (unpaired) electrons. The smallest absolute Gasteiger partial charge is 0.407 e. The summed E-state index contributed by atoms with van der Waals surface area (Å²) in [6.45, 7) is 5.61. The van der Waals surface area contributed by atoms with Crippen molar-refractivity contribution in [2.24, 2.45) is 5.73 Å². The van der Waals surface area contributed by atoms with Crippen LogP contribution in [0.2, 0.25) is 0 Å². The van der Waals surface area contributed by atoms with Crippen molar-refractivity contribution < 1.29 is 13.9 Å². The third-order valence-electron chi connectivity index (χ3n) is 2.94. The van der Waals surface area contributed by atoms with Gasteiger partial charge in [-0.05, 0) is 44.5 Å². The number of amides is 1. The molecule has 1 heterocycles. The Bertz CT molecular complexity index is 646. The molecule has 114 valence electrons. The second-order valence-corrected chi connectivity index (χ2v) is 5.92. The number of hydrogen-bond donors (Lipinski definition) is 3. The molecule has 2 aromatic rings. The van der Waals surface area contributed by atoms with Gasteiger partial charge in [-0.1, -0.05) is 0 Å². The molecule has 0 saturated heterocycles. The van der Waals surface area contributed by atoms with Crippen LogP contribution in [0.3, 0.4) is 0 Å². The number of halogens is 1. The first-order valence-electron chi connectivity index (χ1n) is 6.75. The summed E-state index contributed by atoms with van der Waals surface area (Å²) in [6, 6.07) is 4.06. The molecule has 0 aliphatic heterocycles. The van der Waals surface area contributed by atoms with Crippen LogP contribution in [-0.2, 0) is 4.74 Å². The van der Waals surface area contributed by atoms with Gasteiger partial charge in [0.15, 0.2) is 0 Å². The normalized spacial score (nSPS) is 13.2. The van der Waals surface area contributed by atoms with Crippen molar-refractivity contribution in [2.75, 3.05) is 6.54 Å². The molecule has 0 saturated carbocycles. The van der Waals surface area contributed by atoms with Gasteiger partial charge in [-0.3, -0.25) is 0 Å². The van der Waals surface area contributed by atoms with E-state index in [4.69, 9.17) is 10.5 Å². The highest BCUT2D eigenvalue weighted by atomic mass is 19.1. The van der Waals surface area contributed by atoms with Crippen molar-refractivity contribution in [1.29, 1.82) is 0 Å². The summed E-state index contributed by atoms with van der Waals surface area (Å²) in [5.74, 6) is -0.309. The van der Waals surface area contributed by atoms with Gasteiger partial charge >= 0.3 is 6.09 Å². The lowest BCUT2D eigenvalue weighted by molar-refractivity contribution is 0.0524. The van der Waals surface area contributed by atoms with Gasteiger partial charge in [0, 0.05) is 29.7 Å². The molecule has 0 aliphatic rings. The van der Waals surface area contributed by atoms with Gasteiger partial charge in [0.1, 0.15) is 11.4 Å². The number of fused-ring (bicyclic) bond motifs is 1. The fraction of sp³-hybridized carbons (Fsp3) is 0.400. The van der Waals surface area contributed by atoms with E-state index in [9.17, 15) is 9.18 Å². The molecule has 0 aliphatic carbocycles. The van der Waals surface area contributed by atoms with E-state index in [-0.39, 0.29) is 12.4 Å². The van der Waals surface area contributed by atoms with Crippen LogP contribution in [0, 0.1) is 5.82 Å². The number of benzene rings is 1. The van der Waals surface area contributed by atoms with Gasteiger partial charge in [0.25, 0.3) is 0 Å². The number of nitrogens with one attached hydrogen (secondary N) is 2. The molecule has 0 spiro atoms. The van der Waals surface area contributed by atoms with Crippen LogP contribution in [-0.4, -0.2) is 23.2 Å². The minimum atomic E-state index is -0.549. The van der Waals surface area contributed by atoms with Crippen molar-refractivity contribution in [3.63, 3.8) is 0 Å². The molecule has 2 rings (SSSR count). The first-order valence-corrected chi connectivity index (χ1v) is 6.75. The predicted octanol–water partition coefficient (Wildman–Crippen LogP) is 2.83. The maximum Gasteiger partial charge on any atom is 0.407 e. The Hall–Kier alpha value is -2.08. The fourth-order valence-corrected chi connectivity index (χ4v) is 2.05. The summed E-state index contributed by atoms with van der Waals surface area (Å²) in [6.07, 6.45) is 1.22. The summed E-state index contributed by atoms with van der Waals surface area (Å²) in [5.41, 5.74) is 7.02. The largest absolute Gasteiger partial charge is 0.444 e. The highest BCUT2D eigenvalue weighted by molar-refractivity contribution is 5.83. The Morgan fingerprint density at radius 1 is 1.48 bits per heavy atom. The third-order valence-corrected chi connectivity index (χ3v) is 2.94. The average molecular weight is 293 g/mol. The van der Waals surface area contributed by atoms with Crippen LogP contribution >= 0.6 is 0 Å². The molecule has 21 heavy (non-hydrogen) atoms. The van der Waals surface area contributed by atoms with Crippen LogP contribution < -0.4 is 11.1 Å². The minimum absolute atomic E-state index is 0.235. The number of aromatic amines is 1. The SMILES string of the molecule is CC(C)(C)OC(=O)NCC(N)c1c[nH]c2cc(F)ccc12. The Morgan fingerprint density at radius 2 is 2.19 bits per heavy atom. The first-order chi connectivity index (χ1) is 9.76. The maximum absolute atomic E-state index is 13.1. The highest BCUT2D eigenvalue weighted by Gasteiger charge is 2.18. The quantitative estimate of drug-likeness (QED) is 0.814. The number of aromatic nitrogens is 1. The summed E-state index contributed by atoms with van der Waals surface area (Å²) in [7, 11) is 0. The van der Waals surface area contributed by atoms with Crippen LogP contribution in [0.1, 0.15) is 32.4 Å². The maximum atomic E-state index is 13.1. The third kappa shape index (κ3) is 3.95. The van der Waals surface area contributed by atoms with E-state index in [1.807, 2.05) is 0 Å². The van der Waals surface area contributed by atoms with Crippen molar-refractivity contribution >= 4 is 17.0 Å². The summed E-state index contributed by atoms with van der Waals surface area (Å²) >= 11 is 0. The minimum Gasteiger partial charge on any atom is -0.444 e. The molecule has 5 nitrogen and oxygen atoms in total. The predicted molar refractivity (Wildman–Crippen MR) is 79.4 cm³/mol. The first kappa shape index (κ1) is 15.3. The van der Waals surface area contributed by atoms with Gasteiger partial charge in [-0.25, -0.2) is 9.18 Å². The number of H-pyrrole nitrogens is 1. The van der Waals surface area contributed by atoms with E-state index >= 15 is 0 Å². The molecular formula is C15H20FN3O2. The standard InChI is InChI=1S/C15H20FN3O2/c1-15(2,3)21-14(20)19-8-12(17)11-7-18-13-6-9(16)4-5-10(11)13/h4-7,12,18H,8,17H2,1-3H3,(H,19,20). The van der Waals surface area contributed by atoms with Crippen LogP contribution in [0.25, 0.3) is 10.9 Å². The topological polar surface area (TPSA) is 80.1 Å². The summed E-state index contributed by atoms with van der Waals surface area (Å²) in [5, 5.41) is 3.47. The molecule has 1 amide bonds. The summed E-state index contributed by atoms with van der Waals surface area (Å²) in [4.78, 5) is 14.6. The summed E-state index contributed by atoms with van der Waals surface area (Å²) < 4.78 is 18.3. The molecule has 1 aromatic carbocycles. The van der Waals surface area contributed by atoms with Gasteiger partial charge in [-0.15, -0.1) is 0 Å². The number of ether oxygens (including phenoxy) is 1. The van der Waals surface area contributed by atoms with Crippen LogP contribution in [0.15, 0.2) is 24.4 Å². The Balaban J connectivity index is 2.02. The van der Waals surface area contributed by atoms with Crippen molar-refractivity contribution in [3.8, 4) is 0 Å². The lowest BCUT2D eigenvalue weighted by atomic mass is 10.1. The van der Waals surface area contributed by atoms with Crippen molar-refractivity contribution in [2.45, 2.75) is 32.4 Å². The zero-order valence-electron chi connectivity index (χ0n) is 12.4. The Morgan fingerprint density at radius 3 is 2.86 bits per heavy atom. The molecule has 1 aromatic heterocycles. The van der Waals surface area contributed by atoms with E-state index in [0.717, 1.165) is 10.9 Å². The number of alkyl carbamates (subject to hydrolysis) is 1. The number of nitrogens with two attached hydrogens (primary N) is 1. The van der Waals surface area contributed by atoms with Gasteiger partial charge in [-0.2, -0.15) is 0 Å². The van der Waals surface area contributed by atoms with E-state index in [0.29, 0.717) is 5.52 Å².